The summed E-state index contributed by atoms with van der Waals surface area (Å²) in [5, 5.41) is 2.67. The predicted molar refractivity (Wildman–Crippen MR) is 112 cm³/mol. The zero-order valence-electron chi connectivity index (χ0n) is 16.1. The molecule has 0 atom stereocenters. The van der Waals surface area contributed by atoms with E-state index in [-0.39, 0.29) is 5.56 Å². The summed E-state index contributed by atoms with van der Waals surface area (Å²) >= 11 is 1.66. The molecule has 0 aliphatic heterocycles. The van der Waals surface area contributed by atoms with Gasteiger partial charge in [-0.15, -0.1) is 0 Å². The average molecular weight is 409 g/mol. The molecular formula is C23H20FNO3S. The number of halogens is 1. The van der Waals surface area contributed by atoms with Crippen molar-refractivity contribution >= 4 is 29.3 Å². The van der Waals surface area contributed by atoms with Crippen molar-refractivity contribution in [3.8, 4) is 0 Å². The van der Waals surface area contributed by atoms with Gasteiger partial charge in [0.1, 0.15) is 5.82 Å². The van der Waals surface area contributed by atoms with Gasteiger partial charge >= 0.3 is 5.97 Å². The van der Waals surface area contributed by atoms with Crippen LogP contribution in [0.2, 0.25) is 0 Å². The minimum Gasteiger partial charge on any atom is -0.452 e. The Hall–Kier alpha value is -3.12. The molecule has 0 saturated carbocycles. The molecule has 0 aliphatic carbocycles. The highest BCUT2D eigenvalue weighted by Gasteiger charge is 2.11. The van der Waals surface area contributed by atoms with Crippen molar-refractivity contribution in [3.05, 3.63) is 89.2 Å². The first-order valence-corrected chi connectivity index (χ1v) is 9.80. The monoisotopic (exact) mass is 409 g/mol. The molecule has 0 aromatic heterocycles. The maximum absolute atomic E-state index is 13.1. The third kappa shape index (κ3) is 5.93. The van der Waals surface area contributed by atoms with Crippen molar-refractivity contribution in [2.45, 2.75) is 23.6 Å². The number of nitrogens with one attached hydrogen (secondary N) is 1. The number of hydrogen-bond donors (Lipinski definition) is 1. The number of aryl methyl sites for hydroxylation is 2. The number of ether oxygens (including phenoxy) is 1. The van der Waals surface area contributed by atoms with Gasteiger partial charge in [0.2, 0.25) is 0 Å². The van der Waals surface area contributed by atoms with Crippen LogP contribution in [0.15, 0.2) is 76.5 Å². The number of carbonyl (C=O) groups is 2. The lowest BCUT2D eigenvalue weighted by molar-refractivity contribution is -0.119. The standard InChI is InChI=1S/C23H20FNO3S/c1-15-6-7-16(2)21(12-15)29-20-10-8-19(9-11-20)25-22(26)14-28-23(27)17-4-3-5-18(24)13-17/h3-13H,14H2,1-2H3,(H,25,26). The third-order valence-corrected chi connectivity index (χ3v) is 5.27. The summed E-state index contributed by atoms with van der Waals surface area (Å²) in [4.78, 5) is 26.1. The lowest BCUT2D eigenvalue weighted by Crippen LogP contribution is -2.20. The molecule has 0 radical (unpaired) electrons. The van der Waals surface area contributed by atoms with Crippen LogP contribution in [-0.4, -0.2) is 18.5 Å². The molecular weight excluding hydrogens is 389 g/mol. The minimum atomic E-state index is -0.750. The van der Waals surface area contributed by atoms with Crippen molar-refractivity contribution < 1.29 is 18.7 Å². The van der Waals surface area contributed by atoms with Crippen LogP contribution in [-0.2, 0) is 9.53 Å². The van der Waals surface area contributed by atoms with Crippen LogP contribution >= 0.6 is 11.8 Å². The van der Waals surface area contributed by atoms with E-state index in [1.165, 1.54) is 34.2 Å². The van der Waals surface area contributed by atoms with Gasteiger partial charge in [-0.25, -0.2) is 9.18 Å². The molecule has 0 fully saturated rings. The fraction of sp³-hybridized carbons (Fsp3) is 0.130. The maximum Gasteiger partial charge on any atom is 0.338 e. The van der Waals surface area contributed by atoms with E-state index in [1.807, 2.05) is 12.1 Å². The van der Waals surface area contributed by atoms with Gasteiger partial charge in [0.25, 0.3) is 5.91 Å². The van der Waals surface area contributed by atoms with Gasteiger partial charge < -0.3 is 10.1 Å². The molecule has 3 rings (SSSR count). The van der Waals surface area contributed by atoms with E-state index in [0.717, 1.165) is 11.0 Å². The molecule has 0 spiro atoms. The molecule has 6 heteroatoms. The number of rotatable bonds is 6. The zero-order chi connectivity index (χ0) is 20.8. The van der Waals surface area contributed by atoms with Crippen LogP contribution in [0.4, 0.5) is 10.1 Å². The van der Waals surface area contributed by atoms with Crippen LogP contribution in [0.1, 0.15) is 21.5 Å². The summed E-state index contributed by atoms with van der Waals surface area (Å²) in [5.74, 6) is -1.76. The largest absolute Gasteiger partial charge is 0.452 e. The first-order valence-electron chi connectivity index (χ1n) is 8.98. The highest BCUT2D eigenvalue weighted by Crippen LogP contribution is 2.31. The molecule has 3 aromatic carbocycles. The lowest BCUT2D eigenvalue weighted by atomic mass is 10.2. The van der Waals surface area contributed by atoms with Crippen LogP contribution in [0.5, 0.6) is 0 Å². The highest BCUT2D eigenvalue weighted by atomic mass is 32.2. The summed E-state index contributed by atoms with van der Waals surface area (Å²) < 4.78 is 18.1. The molecule has 0 aliphatic rings. The molecule has 0 heterocycles. The lowest BCUT2D eigenvalue weighted by Gasteiger charge is -2.09. The summed E-state index contributed by atoms with van der Waals surface area (Å²) in [7, 11) is 0. The topological polar surface area (TPSA) is 55.4 Å². The summed E-state index contributed by atoms with van der Waals surface area (Å²) in [6.07, 6.45) is 0. The fourth-order valence-corrected chi connectivity index (χ4v) is 3.58. The highest BCUT2D eigenvalue weighted by molar-refractivity contribution is 7.99. The Labute approximate surface area is 173 Å². The SMILES string of the molecule is Cc1ccc(C)c(Sc2ccc(NC(=O)COC(=O)c3cccc(F)c3)cc2)c1. The second kappa shape index (κ2) is 9.39. The first-order chi connectivity index (χ1) is 13.9. The zero-order valence-corrected chi connectivity index (χ0v) is 16.9. The van der Waals surface area contributed by atoms with E-state index in [0.29, 0.717) is 5.69 Å². The van der Waals surface area contributed by atoms with Gasteiger partial charge in [-0.2, -0.15) is 0 Å². The van der Waals surface area contributed by atoms with Gasteiger partial charge in [0, 0.05) is 15.5 Å². The number of amides is 1. The van der Waals surface area contributed by atoms with Gasteiger partial charge in [-0.3, -0.25) is 4.79 Å². The molecule has 148 valence electrons. The van der Waals surface area contributed by atoms with Crippen LogP contribution < -0.4 is 5.32 Å². The molecule has 0 saturated heterocycles. The number of benzene rings is 3. The molecule has 0 bridgehead atoms. The summed E-state index contributed by atoms with van der Waals surface area (Å²) in [6, 6.07) is 18.9. The Bertz CT molecular complexity index is 1030. The number of anilines is 1. The van der Waals surface area contributed by atoms with Crippen LogP contribution in [0.25, 0.3) is 0 Å². The fourth-order valence-electron chi connectivity index (χ4n) is 2.58. The predicted octanol–water partition coefficient (Wildman–Crippen LogP) is 5.39. The van der Waals surface area contributed by atoms with E-state index in [4.69, 9.17) is 4.74 Å². The van der Waals surface area contributed by atoms with E-state index in [9.17, 15) is 14.0 Å². The van der Waals surface area contributed by atoms with Crippen molar-refractivity contribution in [3.63, 3.8) is 0 Å². The minimum absolute atomic E-state index is 0.0608. The Morgan fingerprint density at radius 1 is 1.00 bits per heavy atom. The van der Waals surface area contributed by atoms with E-state index >= 15 is 0 Å². The van der Waals surface area contributed by atoms with Gasteiger partial charge in [0.15, 0.2) is 6.61 Å². The molecule has 29 heavy (non-hydrogen) atoms. The quantitative estimate of drug-likeness (QED) is 0.555. The molecule has 3 aromatic rings. The third-order valence-electron chi connectivity index (χ3n) is 4.10. The van der Waals surface area contributed by atoms with Crippen molar-refractivity contribution in [2.75, 3.05) is 11.9 Å². The maximum atomic E-state index is 13.1. The molecule has 4 nitrogen and oxygen atoms in total. The van der Waals surface area contributed by atoms with Crippen LogP contribution in [0, 0.1) is 19.7 Å². The Morgan fingerprint density at radius 2 is 1.76 bits per heavy atom. The normalized spacial score (nSPS) is 10.4. The van der Waals surface area contributed by atoms with Gasteiger partial charge in [-0.05, 0) is 73.5 Å². The van der Waals surface area contributed by atoms with Crippen LogP contribution in [0.3, 0.4) is 0 Å². The Kier molecular flexibility index (Phi) is 6.67. The molecule has 1 amide bonds. The van der Waals surface area contributed by atoms with E-state index in [2.05, 4.69) is 37.4 Å². The number of carbonyl (C=O) groups excluding carboxylic acids is 2. The molecule has 1 N–H and O–H groups in total. The van der Waals surface area contributed by atoms with E-state index < -0.39 is 24.3 Å². The van der Waals surface area contributed by atoms with Crippen molar-refractivity contribution in [2.24, 2.45) is 0 Å². The Balaban J connectivity index is 1.53. The average Bonchev–Trinajstić information content (AvgIpc) is 2.70. The van der Waals surface area contributed by atoms with Gasteiger partial charge in [0.05, 0.1) is 5.56 Å². The summed E-state index contributed by atoms with van der Waals surface area (Å²) in [5.41, 5.74) is 3.07. The second-order valence-corrected chi connectivity index (χ2v) is 7.65. The second-order valence-electron chi connectivity index (χ2n) is 6.53. The first kappa shape index (κ1) is 20.6. The molecule has 0 unspecified atom stereocenters. The number of hydrogen-bond acceptors (Lipinski definition) is 4. The van der Waals surface area contributed by atoms with Crippen molar-refractivity contribution in [1.29, 1.82) is 0 Å². The Morgan fingerprint density at radius 3 is 2.48 bits per heavy atom. The smallest absolute Gasteiger partial charge is 0.338 e. The van der Waals surface area contributed by atoms with E-state index in [1.54, 1.807) is 23.9 Å². The summed E-state index contributed by atoms with van der Waals surface area (Å²) in [6.45, 7) is 3.68. The number of esters is 1. The van der Waals surface area contributed by atoms with Gasteiger partial charge in [-0.1, -0.05) is 30.0 Å². The van der Waals surface area contributed by atoms with Crippen molar-refractivity contribution in [1.82, 2.24) is 0 Å².